The van der Waals surface area contributed by atoms with Gasteiger partial charge in [0, 0.05) is 49.4 Å². The molecule has 1 amide bonds. The van der Waals surface area contributed by atoms with Crippen LogP contribution in [-0.4, -0.2) is 66.6 Å². The lowest BCUT2D eigenvalue weighted by Crippen LogP contribution is -2.40. The molecule has 1 N–H and O–H groups in total. The van der Waals surface area contributed by atoms with E-state index in [1.807, 2.05) is 23.1 Å². The molecule has 0 atom stereocenters. The number of ether oxygens (including phenoxy) is 1. The number of nitrogens with zero attached hydrogens (tertiary/aromatic N) is 3. The lowest BCUT2D eigenvalue weighted by Gasteiger charge is -2.34. The minimum absolute atomic E-state index is 0.113. The van der Waals surface area contributed by atoms with Crippen molar-refractivity contribution < 1.29 is 14.5 Å². The van der Waals surface area contributed by atoms with Crippen LogP contribution in [-0.2, 0) is 11.3 Å². The first-order valence-corrected chi connectivity index (χ1v) is 12.2. The standard InChI is InChI=1S/C25H31ClN4O4/c26-22-4-2-1-3-21(22)18-27-23-6-5-20(17-24(23)30(32)33)25(31)29-11-8-19(9-12-29)7-10-28-13-15-34-16-14-28/h1-6,17,19,27H,7-16,18H2. The van der Waals surface area contributed by atoms with Gasteiger partial charge in [0.25, 0.3) is 11.6 Å². The highest BCUT2D eigenvalue weighted by atomic mass is 35.5. The van der Waals surface area contributed by atoms with Gasteiger partial charge in [0.05, 0.1) is 18.1 Å². The number of nitro groups is 1. The topological polar surface area (TPSA) is 87.9 Å². The number of carbonyl (C=O) groups is 1. The Kier molecular flexibility index (Phi) is 8.37. The first kappa shape index (κ1) is 24.4. The number of likely N-dealkylation sites (tertiary alicyclic amines) is 1. The number of nitrogens with one attached hydrogen (secondary N) is 1. The van der Waals surface area contributed by atoms with E-state index in [1.54, 1.807) is 18.2 Å². The van der Waals surface area contributed by atoms with Crippen LogP contribution in [0.1, 0.15) is 35.2 Å². The summed E-state index contributed by atoms with van der Waals surface area (Å²) in [6, 6.07) is 12.0. The predicted octanol–water partition coefficient (Wildman–Crippen LogP) is 4.43. The Bertz CT molecular complexity index is 1000. The molecule has 0 aliphatic carbocycles. The molecule has 0 bridgehead atoms. The SMILES string of the molecule is O=C(c1ccc(NCc2ccccc2Cl)c([N+](=O)[O-])c1)N1CCC(CCN2CCOCC2)CC1. The van der Waals surface area contributed by atoms with Crippen molar-refractivity contribution in [2.24, 2.45) is 5.92 Å². The van der Waals surface area contributed by atoms with Crippen molar-refractivity contribution in [3.63, 3.8) is 0 Å². The molecule has 8 nitrogen and oxygen atoms in total. The third-order valence-electron chi connectivity index (χ3n) is 6.73. The van der Waals surface area contributed by atoms with Crippen LogP contribution in [0.15, 0.2) is 42.5 Å². The van der Waals surface area contributed by atoms with Crippen molar-refractivity contribution in [3.05, 3.63) is 68.7 Å². The molecule has 0 unspecified atom stereocenters. The summed E-state index contributed by atoms with van der Waals surface area (Å²) >= 11 is 6.18. The quantitative estimate of drug-likeness (QED) is 0.438. The number of morpholine rings is 1. The third kappa shape index (κ3) is 6.25. The van der Waals surface area contributed by atoms with Crippen molar-refractivity contribution in [1.82, 2.24) is 9.80 Å². The largest absolute Gasteiger partial charge is 0.379 e. The third-order valence-corrected chi connectivity index (χ3v) is 7.10. The Labute approximate surface area is 205 Å². The number of rotatable bonds is 8. The maximum atomic E-state index is 13.1. The lowest BCUT2D eigenvalue weighted by atomic mass is 9.93. The molecule has 0 spiro atoms. The second kappa shape index (κ2) is 11.6. The van der Waals surface area contributed by atoms with Crippen LogP contribution in [0.2, 0.25) is 5.02 Å². The number of piperidine rings is 1. The number of halogens is 1. The molecule has 0 saturated carbocycles. The van der Waals surface area contributed by atoms with Gasteiger partial charge >= 0.3 is 0 Å². The maximum Gasteiger partial charge on any atom is 0.293 e. The summed E-state index contributed by atoms with van der Waals surface area (Å²) in [4.78, 5) is 28.6. The molecule has 2 aromatic rings. The minimum atomic E-state index is -0.455. The fourth-order valence-electron chi connectivity index (χ4n) is 4.59. The highest BCUT2D eigenvalue weighted by Gasteiger charge is 2.26. The molecule has 2 aliphatic heterocycles. The number of carbonyl (C=O) groups excluding carboxylic acids is 1. The Hall–Kier alpha value is -2.68. The molecule has 34 heavy (non-hydrogen) atoms. The van der Waals surface area contributed by atoms with E-state index in [2.05, 4.69) is 10.2 Å². The Balaban J connectivity index is 1.33. The second-order valence-corrected chi connectivity index (χ2v) is 9.32. The van der Waals surface area contributed by atoms with Crippen LogP contribution in [0.3, 0.4) is 0 Å². The van der Waals surface area contributed by atoms with Gasteiger partial charge in [-0.1, -0.05) is 29.8 Å². The average Bonchev–Trinajstić information content (AvgIpc) is 2.87. The van der Waals surface area contributed by atoms with Gasteiger partial charge in [-0.3, -0.25) is 19.8 Å². The number of anilines is 1. The van der Waals surface area contributed by atoms with E-state index >= 15 is 0 Å². The molecule has 2 heterocycles. The Morgan fingerprint density at radius 1 is 1.12 bits per heavy atom. The van der Waals surface area contributed by atoms with Crippen LogP contribution < -0.4 is 5.32 Å². The molecule has 4 rings (SSSR count). The number of benzene rings is 2. The molecule has 2 fully saturated rings. The molecule has 2 saturated heterocycles. The minimum Gasteiger partial charge on any atom is -0.379 e. The number of nitro benzene ring substituents is 1. The van der Waals surface area contributed by atoms with Gasteiger partial charge in [-0.25, -0.2) is 0 Å². The molecular formula is C25H31ClN4O4. The molecule has 0 radical (unpaired) electrons. The van der Waals surface area contributed by atoms with Gasteiger partial charge in [-0.15, -0.1) is 0 Å². The molecular weight excluding hydrogens is 456 g/mol. The van der Waals surface area contributed by atoms with Crippen molar-refractivity contribution >= 4 is 28.9 Å². The summed E-state index contributed by atoms with van der Waals surface area (Å²) in [5.74, 6) is 0.463. The second-order valence-electron chi connectivity index (χ2n) is 8.91. The summed E-state index contributed by atoms with van der Waals surface area (Å²) in [7, 11) is 0. The summed E-state index contributed by atoms with van der Waals surface area (Å²) < 4.78 is 5.41. The van der Waals surface area contributed by atoms with Crippen molar-refractivity contribution in [2.75, 3.05) is 51.3 Å². The van der Waals surface area contributed by atoms with Gasteiger partial charge in [-0.05, 0) is 55.5 Å². The van der Waals surface area contributed by atoms with Gasteiger partial charge in [-0.2, -0.15) is 0 Å². The molecule has 2 aliphatic rings. The maximum absolute atomic E-state index is 13.1. The molecule has 9 heteroatoms. The van der Waals surface area contributed by atoms with E-state index in [4.69, 9.17) is 16.3 Å². The predicted molar refractivity (Wildman–Crippen MR) is 132 cm³/mol. The average molecular weight is 487 g/mol. The highest BCUT2D eigenvalue weighted by molar-refractivity contribution is 6.31. The highest BCUT2D eigenvalue weighted by Crippen LogP contribution is 2.29. The summed E-state index contributed by atoms with van der Waals surface area (Å²) in [6.45, 7) is 6.43. The van der Waals surface area contributed by atoms with E-state index < -0.39 is 4.92 Å². The van der Waals surface area contributed by atoms with Gasteiger partial charge < -0.3 is 15.0 Å². The van der Waals surface area contributed by atoms with Gasteiger partial charge in [0.2, 0.25) is 0 Å². The van der Waals surface area contributed by atoms with E-state index in [0.717, 1.165) is 57.7 Å². The zero-order valence-corrected chi connectivity index (χ0v) is 20.0. The molecule has 182 valence electrons. The zero-order valence-electron chi connectivity index (χ0n) is 19.2. The zero-order chi connectivity index (χ0) is 23.9. The summed E-state index contributed by atoms with van der Waals surface area (Å²) in [6.07, 6.45) is 3.07. The van der Waals surface area contributed by atoms with Crippen molar-refractivity contribution in [1.29, 1.82) is 0 Å². The number of hydrogen-bond donors (Lipinski definition) is 1. The lowest BCUT2D eigenvalue weighted by molar-refractivity contribution is -0.384. The van der Waals surface area contributed by atoms with E-state index in [-0.39, 0.29) is 11.6 Å². The number of hydrogen-bond acceptors (Lipinski definition) is 6. The van der Waals surface area contributed by atoms with Gasteiger partial charge in [0.1, 0.15) is 5.69 Å². The van der Waals surface area contributed by atoms with Gasteiger partial charge in [0.15, 0.2) is 0 Å². The Morgan fingerprint density at radius 3 is 2.56 bits per heavy atom. The van der Waals surface area contributed by atoms with Crippen LogP contribution >= 0.6 is 11.6 Å². The van der Waals surface area contributed by atoms with Crippen LogP contribution in [0.25, 0.3) is 0 Å². The van der Waals surface area contributed by atoms with Crippen molar-refractivity contribution in [3.8, 4) is 0 Å². The van der Waals surface area contributed by atoms with Crippen molar-refractivity contribution in [2.45, 2.75) is 25.8 Å². The molecule has 0 aromatic heterocycles. The van der Waals surface area contributed by atoms with Crippen LogP contribution in [0.5, 0.6) is 0 Å². The van der Waals surface area contributed by atoms with Crippen LogP contribution in [0.4, 0.5) is 11.4 Å². The molecule has 2 aromatic carbocycles. The van der Waals surface area contributed by atoms with E-state index in [9.17, 15) is 14.9 Å². The first-order chi connectivity index (χ1) is 16.5. The fraction of sp³-hybridized carbons (Fsp3) is 0.480. The van der Waals surface area contributed by atoms with Crippen LogP contribution in [0, 0.1) is 16.0 Å². The normalized spacial score (nSPS) is 17.5. The number of amides is 1. The monoisotopic (exact) mass is 486 g/mol. The fourth-order valence-corrected chi connectivity index (χ4v) is 4.80. The van der Waals surface area contributed by atoms with E-state index in [1.165, 1.54) is 6.07 Å². The Morgan fingerprint density at radius 2 is 1.85 bits per heavy atom. The summed E-state index contributed by atoms with van der Waals surface area (Å²) in [5, 5.41) is 15.4. The first-order valence-electron chi connectivity index (χ1n) is 11.9. The van der Waals surface area contributed by atoms with E-state index in [0.29, 0.717) is 41.8 Å². The smallest absolute Gasteiger partial charge is 0.293 e. The summed E-state index contributed by atoms with van der Waals surface area (Å²) in [5.41, 5.74) is 1.44.